The molecule has 34 heavy (non-hydrogen) atoms. The van der Waals surface area contributed by atoms with Crippen molar-refractivity contribution >= 4 is 5.71 Å². The van der Waals surface area contributed by atoms with Crippen molar-refractivity contribution < 1.29 is 33.3 Å². The molecule has 0 amide bonds. The van der Waals surface area contributed by atoms with E-state index in [0.717, 1.165) is 24.1 Å². The summed E-state index contributed by atoms with van der Waals surface area (Å²) in [5.41, 5.74) is 3.68. The van der Waals surface area contributed by atoms with Crippen LogP contribution in [0.1, 0.15) is 58.8 Å². The van der Waals surface area contributed by atoms with Crippen molar-refractivity contribution in [2.75, 3.05) is 33.3 Å². The van der Waals surface area contributed by atoms with E-state index in [1.807, 2.05) is 13.0 Å². The summed E-state index contributed by atoms with van der Waals surface area (Å²) in [5, 5.41) is 15.9. The van der Waals surface area contributed by atoms with E-state index < -0.39 is 34.0 Å². The number of halogens is 1. The molecule has 6 aliphatic rings. The highest BCUT2D eigenvalue weighted by atomic mass is 19.1. The third-order valence-corrected chi connectivity index (χ3v) is 10.4. The Morgan fingerprint density at radius 1 is 1.15 bits per heavy atom. The zero-order chi connectivity index (χ0) is 23.8. The molecule has 4 aliphatic carbocycles. The number of nitrogens with two attached hydrogens (primary N) is 1. The summed E-state index contributed by atoms with van der Waals surface area (Å²) < 4.78 is 41.5. The smallest absolute Gasteiger partial charge is 0.226 e. The van der Waals surface area contributed by atoms with Gasteiger partial charge in [0.15, 0.2) is 13.6 Å². The van der Waals surface area contributed by atoms with Crippen LogP contribution in [-0.4, -0.2) is 67.3 Å². The maximum absolute atomic E-state index is 17.5. The fourth-order valence-corrected chi connectivity index (χ4v) is 8.81. The SMILES string of the molecule is C[C@]12CC/C(=N\OCCN)C=C1CC[C@H]1[C@@H]3CC[C@@]4(OCOC45COCO5)[C@@]3(C)C[C@H](O)[C@@]12F. The lowest BCUT2D eigenvalue weighted by Crippen LogP contribution is -2.71. The predicted octanol–water partition coefficient (Wildman–Crippen LogP) is 2.79. The molecule has 3 saturated carbocycles. The number of hydrogen-bond donors (Lipinski definition) is 2. The van der Waals surface area contributed by atoms with Gasteiger partial charge in [0.25, 0.3) is 0 Å². The first-order chi connectivity index (χ1) is 16.3. The van der Waals surface area contributed by atoms with E-state index in [2.05, 4.69) is 12.1 Å². The molecule has 2 heterocycles. The number of hydrogen-bond acceptors (Lipinski definition) is 8. The summed E-state index contributed by atoms with van der Waals surface area (Å²) in [4.78, 5) is 5.28. The quantitative estimate of drug-likeness (QED) is 0.473. The Morgan fingerprint density at radius 3 is 2.74 bits per heavy atom. The van der Waals surface area contributed by atoms with E-state index in [9.17, 15) is 5.11 Å². The minimum Gasteiger partial charge on any atom is -0.394 e. The Morgan fingerprint density at radius 2 is 1.97 bits per heavy atom. The zero-order valence-electron chi connectivity index (χ0n) is 20.2. The molecule has 3 N–H and O–H groups in total. The van der Waals surface area contributed by atoms with Crippen LogP contribution < -0.4 is 5.73 Å². The largest absolute Gasteiger partial charge is 0.394 e. The third-order valence-electron chi connectivity index (χ3n) is 10.4. The lowest BCUT2D eigenvalue weighted by molar-refractivity contribution is -0.273. The summed E-state index contributed by atoms with van der Waals surface area (Å²) >= 11 is 0. The van der Waals surface area contributed by atoms with Crippen molar-refractivity contribution in [1.82, 2.24) is 0 Å². The molecule has 2 saturated heterocycles. The van der Waals surface area contributed by atoms with Gasteiger partial charge in [-0.2, -0.15) is 0 Å². The Labute approximate surface area is 199 Å². The first-order valence-electron chi connectivity index (χ1n) is 12.7. The first-order valence-corrected chi connectivity index (χ1v) is 12.7. The molecule has 5 fully saturated rings. The summed E-state index contributed by atoms with van der Waals surface area (Å²) in [6.07, 6.45) is 5.43. The molecule has 6 rings (SSSR count). The molecule has 0 radical (unpaired) electrons. The van der Waals surface area contributed by atoms with Gasteiger partial charge in [-0.05, 0) is 56.9 Å². The molecule has 2 aliphatic heterocycles. The van der Waals surface area contributed by atoms with Gasteiger partial charge < -0.3 is 34.6 Å². The van der Waals surface area contributed by atoms with Gasteiger partial charge in [-0.25, -0.2) is 4.39 Å². The van der Waals surface area contributed by atoms with E-state index in [-0.39, 0.29) is 25.4 Å². The molecule has 0 aromatic carbocycles. The van der Waals surface area contributed by atoms with E-state index >= 15 is 4.39 Å². The number of nitrogens with zero attached hydrogens (tertiary/aromatic N) is 1. The van der Waals surface area contributed by atoms with Crippen molar-refractivity contribution in [3.05, 3.63) is 11.6 Å². The van der Waals surface area contributed by atoms with Gasteiger partial charge in [-0.3, -0.25) is 0 Å². The fourth-order valence-electron chi connectivity index (χ4n) is 8.81. The van der Waals surface area contributed by atoms with Gasteiger partial charge in [0, 0.05) is 23.3 Å². The Kier molecular flexibility index (Phi) is 5.28. The van der Waals surface area contributed by atoms with Gasteiger partial charge in [-0.1, -0.05) is 24.6 Å². The molecule has 0 bridgehead atoms. The molecular formula is C25H37FN2O6. The van der Waals surface area contributed by atoms with Crippen molar-refractivity contribution in [2.45, 2.75) is 82.0 Å². The second kappa shape index (κ2) is 7.70. The molecule has 190 valence electrons. The highest BCUT2D eigenvalue weighted by Crippen LogP contribution is 2.73. The molecule has 8 atom stereocenters. The second-order valence-electron chi connectivity index (χ2n) is 11.5. The van der Waals surface area contributed by atoms with Crippen molar-refractivity contribution in [1.29, 1.82) is 0 Å². The van der Waals surface area contributed by atoms with Crippen molar-refractivity contribution in [2.24, 2.45) is 33.6 Å². The van der Waals surface area contributed by atoms with Gasteiger partial charge in [0.2, 0.25) is 5.79 Å². The van der Waals surface area contributed by atoms with Crippen molar-refractivity contribution in [3.63, 3.8) is 0 Å². The van der Waals surface area contributed by atoms with Crippen LogP contribution in [0.5, 0.6) is 0 Å². The summed E-state index contributed by atoms with van der Waals surface area (Å²) in [7, 11) is 0. The number of fused-ring (bicyclic) bond motifs is 7. The molecule has 0 aromatic heterocycles. The van der Waals surface area contributed by atoms with E-state index in [0.29, 0.717) is 51.9 Å². The van der Waals surface area contributed by atoms with Gasteiger partial charge in [0.1, 0.15) is 24.5 Å². The van der Waals surface area contributed by atoms with Crippen LogP contribution in [0.2, 0.25) is 0 Å². The lowest BCUT2D eigenvalue weighted by atomic mass is 9.43. The van der Waals surface area contributed by atoms with Crippen LogP contribution in [0, 0.1) is 22.7 Å². The molecule has 1 unspecified atom stereocenters. The minimum absolute atomic E-state index is 0.0602. The normalized spacial score (nSPS) is 53.1. The number of rotatable bonds is 3. The molecule has 9 heteroatoms. The van der Waals surface area contributed by atoms with Crippen LogP contribution in [0.4, 0.5) is 4.39 Å². The third kappa shape index (κ3) is 2.66. The van der Waals surface area contributed by atoms with Crippen LogP contribution in [-0.2, 0) is 23.8 Å². The first kappa shape index (κ1) is 23.3. The van der Waals surface area contributed by atoms with E-state index in [1.54, 1.807) is 0 Å². The molecular weight excluding hydrogens is 443 g/mol. The van der Waals surface area contributed by atoms with Crippen LogP contribution >= 0.6 is 0 Å². The maximum atomic E-state index is 17.5. The van der Waals surface area contributed by atoms with Gasteiger partial charge in [0.05, 0.1) is 11.8 Å². The predicted molar refractivity (Wildman–Crippen MR) is 120 cm³/mol. The van der Waals surface area contributed by atoms with Crippen LogP contribution in [0.25, 0.3) is 0 Å². The van der Waals surface area contributed by atoms with Crippen LogP contribution in [0.3, 0.4) is 0 Å². The summed E-state index contributed by atoms with van der Waals surface area (Å²) in [6, 6.07) is 0. The van der Waals surface area contributed by atoms with Gasteiger partial charge in [-0.15, -0.1) is 0 Å². The average molecular weight is 481 g/mol. The lowest BCUT2D eigenvalue weighted by Gasteiger charge is -2.64. The Hall–Kier alpha value is -1.10. The monoisotopic (exact) mass is 480 g/mol. The number of aliphatic hydroxyl groups is 1. The number of alkyl halides is 1. The van der Waals surface area contributed by atoms with Gasteiger partial charge >= 0.3 is 0 Å². The van der Waals surface area contributed by atoms with Crippen molar-refractivity contribution in [3.8, 4) is 0 Å². The fraction of sp³-hybridized carbons (Fsp3) is 0.880. The standard InChI is InChI=1S/C25H37FN2O6/c1-21-7-5-17(28-34-10-9-27)11-16(21)3-4-19-18-6-8-23(22(18,2)12-20(29)25(19,21)26)24(33-15-31-23)13-30-14-32-24/h11,18-20,29H,3-10,12-15,27H2,1-2H3/b28-17+/t18-,19-,20-,21-,22-,23+,24?,25-/m0/s1. The summed E-state index contributed by atoms with van der Waals surface area (Å²) in [6.45, 7) is 5.52. The highest BCUT2D eigenvalue weighted by molar-refractivity contribution is 5.96. The molecule has 0 aromatic rings. The number of oxime groups is 1. The van der Waals surface area contributed by atoms with Crippen LogP contribution in [0.15, 0.2) is 16.8 Å². The maximum Gasteiger partial charge on any atom is 0.226 e. The number of ether oxygens (including phenoxy) is 4. The average Bonchev–Trinajstić information content (AvgIpc) is 3.51. The highest BCUT2D eigenvalue weighted by Gasteiger charge is 2.79. The van der Waals surface area contributed by atoms with E-state index in [4.69, 9.17) is 29.5 Å². The minimum atomic E-state index is -1.71. The second-order valence-corrected chi connectivity index (χ2v) is 11.5. The topological polar surface area (TPSA) is 105 Å². The molecule has 8 nitrogen and oxygen atoms in total. The number of allylic oxidation sites excluding steroid dienone is 2. The molecule has 2 spiro atoms. The van der Waals surface area contributed by atoms with E-state index in [1.165, 1.54) is 0 Å². The summed E-state index contributed by atoms with van der Waals surface area (Å²) in [5.74, 6) is -1.18. The Bertz CT molecular complexity index is 902. The zero-order valence-corrected chi connectivity index (χ0v) is 20.2. The number of aliphatic hydroxyl groups excluding tert-OH is 1. The Balaban J connectivity index is 1.36.